The first-order valence-electron chi connectivity index (χ1n) is 7.85. The third-order valence-corrected chi connectivity index (χ3v) is 4.40. The Hall–Kier alpha value is -2.70. The van der Waals surface area contributed by atoms with Gasteiger partial charge in [0.15, 0.2) is 0 Å². The van der Waals surface area contributed by atoms with Crippen molar-refractivity contribution >= 4 is 16.9 Å². The zero-order valence-corrected chi connectivity index (χ0v) is 12.9. The molecule has 1 unspecified atom stereocenters. The van der Waals surface area contributed by atoms with Gasteiger partial charge in [0.25, 0.3) is 0 Å². The van der Waals surface area contributed by atoms with Gasteiger partial charge in [-0.2, -0.15) is 5.10 Å². The van der Waals surface area contributed by atoms with Crippen LogP contribution in [0.2, 0.25) is 0 Å². The zero-order chi connectivity index (χ0) is 15.8. The number of carbonyl (C=O) groups is 1. The largest absolute Gasteiger partial charge is 0.346 e. The summed E-state index contributed by atoms with van der Waals surface area (Å²) in [7, 11) is 0. The maximum Gasteiger partial charge on any atom is 0.247 e. The summed E-state index contributed by atoms with van der Waals surface area (Å²) in [6, 6.07) is 1.64. The fourth-order valence-corrected chi connectivity index (χ4v) is 3.09. The molecule has 0 aliphatic carbocycles. The van der Waals surface area contributed by atoms with Gasteiger partial charge in [0.1, 0.15) is 18.0 Å². The van der Waals surface area contributed by atoms with Crippen molar-refractivity contribution in [1.82, 2.24) is 29.6 Å². The van der Waals surface area contributed by atoms with Crippen LogP contribution in [-0.2, 0) is 4.79 Å². The molecule has 1 saturated heterocycles. The van der Waals surface area contributed by atoms with Gasteiger partial charge >= 0.3 is 0 Å². The number of likely N-dealkylation sites (tertiary alicyclic amines) is 1. The van der Waals surface area contributed by atoms with E-state index in [1.54, 1.807) is 10.9 Å². The molecular weight excluding hydrogens is 292 g/mol. The van der Waals surface area contributed by atoms with Gasteiger partial charge in [-0.25, -0.2) is 9.97 Å². The molecule has 0 aromatic carbocycles. The highest BCUT2D eigenvalue weighted by atomic mass is 16.2. The Morgan fingerprint density at radius 2 is 2.17 bits per heavy atom. The monoisotopic (exact) mass is 312 g/mol. The smallest absolute Gasteiger partial charge is 0.247 e. The molecule has 0 spiro atoms. The van der Waals surface area contributed by atoms with Crippen molar-refractivity contribution in [3.05, 3.63) is 31.0 Å². The molecule has 4 heterocycles. The SMILES string of the molecule is CC(C(=O)N1CCCC1)n1cc(-c2ncnc3[nH]ccc23)cn1.[HH]. The van der Waals surface area contributed by atoms with Crippen LogP contribution in [0.4, 0.5) is 0 Å². The summed E-state index contributed by atoms with van der Waals surface area (Å²) in [5.74, 6) is 0.131. The Balaban J connectivity index is 0.00000169. The summed E-state index contributed by atoms with van der Waals surface area (Å²) in [6.07, 6.45) is 9.19. The number of amides is 1. The summed E-state index contributed by atoms with van der Waals surface area (Å²) >= 11 is 0. The minimum atomic E-state index is -0.301. The lowest BCUT2D eigenvalue weighted by atomic mass is 10.2. The van der Waals surface area contributed by atoms with Crippen LogP contribution in [0.1, 0.15) is 27.2 Å². The number of rotatable bonds is 3. The average molecular weight is 312 g/mol. The van der Waals surface area contributed by atoms with Gasteiger partial charge < -0.3 is 9.88 Å². The Morgan fingerprint density at radius 3 is 3.00 bits per heavy atom. The third-order valence-electron chi connectivity index (χ3n) is 4.40. The van der Waals surface area contributed by atoms with Gasteiger partial charge in [-0.3, -0.25) is 9.48 Å². The molecule has 1 fully saturated rings. The minimum absolute atomic E-state index is 0. The predicted octanol–water partition coefficient (Wildman–Crippen LogP) is 2.25. The standard InChI is InChI=1S/C16H18N6O.H2/c1-11(16(23)21-6-2-3-7-21)22-9-12(8-20-22)14-13-4-5-17-15(13)19-10-18-14;/h4-5,8-11H,2-3,6-7H2,1H3,(H,17,18,19);1H. The molecule has 0 saturated carbocycles. The van der Waals surface area contributed by atoms with Crippen LogP contribution in [0, 0.1) is 0 Å². The van der Waals surface area contributed by atoms with Crippen LogP contribution in [0.5, 0.6) is 0 Å². The Kier molecular flexibility index (Phi) is 3.33. The van der Waals surface area contributed by atoms with E-state index < -0.39 is 0 Å². The molecule has 7 heteroatoms. The van der Waals surface area contributed by atoms with Crippen LogP contribution in [0.25, 0.3) is 22.3 Å². The second-order valence-corrected chi connectivity index (χ2v) is 5.88. The fraction of sp³-hybridized carbons (Fsp3) is 0.375. The highest BCUT2D eigenvalue weighted by molar-refractivity contribution is 5.90. The van der Waals surface area contributed by atoms with E-state index in [1.165, 1.54) is 6.33 Å². The summed E-state index contributed by atoms with van der Waals surface area (Å²) < 4.78 is 1.72. The van der Waals surface area contributed by atoms with Crippen molar-refractivity contribution in [2.45, 2.75) is 25.8 Å². The van der Waals surface area contributed by atoms with E-state index in [0.717, 1.165) is 48.2 Å². The normalized spacial score (nSPS) is 16.1. The van der Waals surface area contributed by atoms with E-state index in [1.807, 2.05) is 30.3 Å². The number of hydrogen-bond donors (Lipinski definition) is 1. The van der Waals surface area contributed by atoms with Gasteiger partial charge in [-0.15, -0.1) is 0 Å². The minimum Gasteiger partial charge on any atom is -0.346 e. The summed E-state index contributed by atoms with van der Waals surface area (Å²) in [4.78, 5) is 26.0. The summed E-state index contributed by atoms with van der Waals surface area (Å²) in [5.41, 5.74) is 2.50. The molecule has 7 nitrogen and oxygen atoms in total. The van der Waals surface area contributed by atoms with E-state index in [-0.39, 0.29) is 13.4 Å². The average Bonchev–Trinajstić information content (AvgIpc) is 3.33. The molecule has 1 aliphatic heterocycles. The van der Waals surface area contributed by atoms with Crippen molar-refractivity contribution < 1.29 is 6.22 Å². The molecule has 1 aliphatic rings. The van der Waals surface area contributed by atoms with Gasteiger partial charge in [0, 0.05) is 37.9 Å². The van der Waals surface area contributed by atoms with Crippen molar-refractivity contribution in [3.63, 3.8) is 0 Å². The highest BCUT2D eigenvalue weighted by Crippen LogP contribution is 2.25. The van der Waals surface area contributed by atoms with E-state index in [4.69, 9.17) is 0 Å². The number of aromatic nitrogens is 5. The molecule has 1 atom stereocenters. The fourth-order valence-electron chi connectivity index (χ4n) is 3.09. The molecule has 0 bridgehead atoms. The van der Waals surface area contributed by atoms with Crippen LogP contribution >= 0.6 is 0 Å². The first kappa shape index (κ1) is 13.9. The van der Waals surface area contributed by atoms with E-state index in [2.05, 4.69) is 20.1 Å². The molecule has 1 amide bonds. The molecule has 120 valence electrons. The first-order valence-corrected chi connectivity index (χ1v) is 7.85. The number of hydrogen-bond acceptors (Lipinski definition) is 4. The number of aromatic amines is 1. The quantitative estimate of drug-likeness (QED) is 0.804. The molecule has 0 radical (unpaired) electrons. The van der Waals surface area contributed by atoms with Gasteiger partial charge in [-0.05, 0) is 25.8 Å². The van der Waals surface area contributed by atoms with Crippen molar-refractivity contribution in [3.8, 4) is 11.3 Å². The molecule has 1 N–H and O–H groups in total. The zero-order valence-electron chi connectivity index (χ0n) is 12.9. The van der Waals surface area contributed by atoms with Gasteiger partial charge in [0.05, 0.1) is 11.9 Å². The summed E-state index contributed by atoms with van der Waals surface area (Å²) in [5, 5.41) is 5.32. The molecule has 3 aromatic heterocycles. The van der Waals surface area contributed by atoms with Crippen LogP contribution < -0.4 is 0 Å². The predicted molar refractivity (Wildman–Crippen MR) is 87.7 cm³/mol. The number of fused-ring (bicyclic) bond motifs is 1. The summed E-state index contributed by atoms with van der Waals surface area (Å²) in [6.45, 7) is 3.60. The first-order chi connectivity index (χ1) is 11.2. The number of nitrogens with zero attached hydrogens (tertiary/aromatic N) is 5. The maximum atomic E-state index is 12.5. The van der Waals surface area contributed by atoms with E-state index in [9.17, 15) is 4.79 Å². The molecular formula is C16H20N6O. The number of nitrogens with one attached hydrogen (secondary N) is 1. The lowest BCUT2D eigenvalue weighted by molar-refractivity contribution is -0.133. The van der Waals surface area contributed by atoms with Gasteiger partial charge in [0.2, 0.25) is 5.91 Å². The maximum absolute atomic E-state index is 12.5. The van der Waals surface area contributed by atoms with E-state index in [0.29, 0.717) is 0 Å². The Labute approximate surface area is 134 Å². The molecule has 3 aromatic rings. The molecule has 23 heavy (non-hydrogen) atoms. The Morgan fingerprint density at radius 1 is 1.35 bits per heavy atom. The van der Waals surface area contributed by atoms with Crippen LogP contribution in [0.3, 0.4) is 0 Å². The lowest BCUT2D eigenvalue weighted by Crippen LogP contribution is -2.34. The topological polar surface area (TPSA) is 79.7 Å². The van der Waals surface area contributed by atoms with Crippen molar-refractivity contribution in [2.24, 2.45) is 0 Å². The van der Waals surface area contributed by atoms with Crippen molar-refractivity contribution in [1.29, 1.82) is 0 Å². The van der Waals surface area contributed by atoms with Crippen molar-refractivity contribution in [2.75, 3.05) is 13.1 Å². The second kappa shape index (κ2) is 5.49. The lowest BCUT2D eigenvalue weighted by Gasteiger charge is -2.20. The Bertz CT molecular complexity index is 851. The number of H-pyrrole nitrogens is 1. The molecule has 4 rings (SSSR count). The number of carbonyl (C=O) groups excluding carboxylic acids is 1. The van der Waals surface area contributed by atoms with E-state index >= 15 is 0 Å². The van der Waals surface area contributed by atoms with Crippen LogP contribution in [-0.4, -0.2) is 48.6 Å². The second-order valence-electron chi connectivity index (χ2n) is 5.88. The van der Waals surface area contributed by atoms with Gasteiger partial charge in [-0.1, -0.05) is 0 Å². The van der Waals surface area contributed by atoms with Crippen LogP contribution in [0.15, 0.2) is 31.0 Å². The third kappa shape index (κ3) is 2.38. The highest BCUT2D eigenvalue weighted by Gasteiger charge is 2.25.